The Hall–Kier alpha value is -1.08. The highest BCUT2D eigenvalue weighted by Crippen LogP contribution is 2.08. The first-order valence-corrected chi connectivity index (χ1v) is 5.80. The molecule has 1 heterocycles. The monoisotopic (exact) mass is 251 g/mol. The van der Waals surface area contributed by atoms with Gasteiger partial charge in [0.1, 0.15) is 0 Å². The summed E-state index contributed by atoms with van der Waals surface area (Å²) in [5.74, 6) is 0. The predicted octanol–water partition coefficient (Wildman–Crippen LogP) is 1.78. The van der Waals surface area contributed by atoms with Gasteiger partial charge in [0, 0.05) is 19.6 Å². The molecule has 0 atom stereocenters. The van der Waals surface area contributed by atoms with Crippen molar-refractivity contribution in [2.75, 3.05) is 26.2 Å². The van der Waals surface area contributed by atoms with Crippen molar-refractivity contribution in [3.05, 3.63) is 35.4 Å². The summed E-state index contributed by atoms with van der Waals surface area (Å²) in [6.45, 7) is 5.47. The third kappa shape index (κ3) is 4.35. The van der Waals surface area contributed by atoms with Crippen LogP contribution in [0.1, 0.15) is 17.5 Å². The summed E-state index contributed by atoms with van der Waals surface area (Å²) in [7, 11) is 0. The Morgan fingerprint density at radius 3 is 2.65 bits per heavy atom. The van der Waals surface area contributed by atoms with E-state index in [2.05, 4.69) is 28.4 Å². The van der Waals surface area contributed by atoms with Gasteiger partial charge in [-0.1, -0.05) is 12.1 Å². The number of nitrogens with zero attached hydrogens (tertiary/aromatic N) is 2. The molecule has 0 amide bonds. The number of benzene rings is 1. The van der Waals surface area contributed by atoms with Crippen LogP contribution in [0.4, 0.5) is 0 Å². The molecule has 1 saturated heterocycles. The maximum absolute atomic E-state index is 8.72. The molecule has 1 aromatic carbocycles. The summed E-state index contributed by atoms with van der Waals surface area (Å²) in [4.78, 5) is 2.46. The van der Waals surface area contributed by atoms with Crippen LogP contribution in [0, 0.1) is 11.3 Å². The van der Waals surface area contributed by atoms with E-state index in [1.165, 1.54) is 12.0 Å². The maximum Gasteiger partial charge on any atom is 0.0991 e. The van der Waals surface area contributed by atoms with E-state index in [-0.39, 0.29) is 12.4 Å². The van der Waals surface area contributed by atoms with Crippen LogP contribution in [0.3, 0.4) is 0 Å². The molecular weight excluding hydrogens is 234 g/mol. The molecule has 0 unspecified atom stereocenters. The lowest BCUT2D eigenvalue weighted by atomic mass is 10.1. The van der Waals surface area contributed by atoms with E-state index in [0.29, 0.717) is 0 Å². The van der Waals surface area contributed by atoms with Crippen LogP contribution in [0.25, 0.3) is 0 Å². The molecule has 1 aliphatic heterocycles. The van der Waals surface area contributed by atoms with E-state index in [0.717, 1.165) is 38.3 Å². The van der Waals surface area contributed by atoms with Crippen LogP contribution < -0.4 is 5.32 Å². The van der Waals surface area contributed by atoms with Gasteiger partial charge in [0.2, 0.25) is 0 Å². The van der Waals surface area contributed by atoms with Gasteiger partial charge in [0.25, 0.3) is 0 Å². The van der Waals surface area contributed by atoms with Crippen molar-refractivity contribution >= 4 is 12.4 Å². The highest BCUT2D eigenvalue weighted by Gasteiger charge is 2.08. The van der Waals surface area contributed by atoms with Gasteiger partial charge in [-0.25, -0.2) is 0 Å². The highest BCUT2D eigenvalue weighted by molar-refractivity contribution is 5.85. The third-order valence-electron chi connectivity index (χ3n) is 2.92. The second kappa shape index (κ2) is 7.29. The molecule has 3 nitrogen and oxygen atoms in total. The van der Waals surface area contributed by atoms with E-state index < -0.39 is 0 Å². The second-order valence-electron chi connectivity index (χ2n) is 4.19. The van der Waals surface area contributed by atoms with Gasteiger partial charge >= 0.3 is 0 Å². The number of nitrogens with one attached hydrogen (secondary N) is 1. The Kier molecular flexibility index (Phi) is 5.99. The summed E-state index contributed by atoms with van der Waals surface area (Å²) in [6.07, 6.45) is 1.22. The van der Waals surface area contributed by atoms with Gasteiger partial charge in [-0.15, -0.1) is 12.4 Å². The lowest BCUT2D eigenvalue weighted by Crippen LogP contribution is -2.27. The van der Waals surface area contributed by atoms with E-state index in [9.17, 15) is 0 Å². The molecule has 0 spiro atoms. The van der Waals surface area contributed by atoms with Crippen molar-refractivity contribution in [2.45, 2.75) is 13.0 Å². The number of rotatable bonds is 2. The van der Waals surface area contributed by atoms with Crippen LogP contribution in [0.5, 0.6) is 0 Å². The Morgan fingerprint density at radius 1 is 1.18 bits per heavy atom. The molecule has 1 N–H and O–H groups in total. The molecule has 1 fully saturated rings. The molecule has 0 aliphatic carbocycles. The predicted molar refractivity (Wildman–Crippen MR) is 71.2 cm³/mol. The second-order valence-corrected chi connectivity index (χ2v) is 4.19. The van der Waals surface area contributed by atoms with Crippen molar-refractivity contribution in [1.29, 1.82) is 5.26 Å². The van der Waals surface area contributed by atoms with Gasteiger partial charge in [0.05, 0.1) is 11.6 Å². The average molecular weight is 252 g/mol. The molecule has 2 rings (SSSR count). The van der Waals surface area contributed by atoms with Crippen LogP contribution in [0.2, 0.25) is 0 Å². The first-order valence-electron chi connectivity index (χ1n) is 5.80. The summed E-state index contributed by atoms with van der Waals surface area (Å²) >= 11 is 0. The van der Waals surface area contributed by atoms with Gasteiger partial charge < -0.3 is 5.32 Å². The summed E-state index contributed by atoms with van der Waals surface area (Å²) in [5.41, 5.74) is 2.03. The molecule has 17 heavy (non-hydrogen) atoms. The quantitative estimate of drug-likeness (QED) is 0.871. The summed E-state index contributed by atoms with van der Waals surface area (Å²) in [5, 5.41) is 12.1. The van der Waals surface area contributed by atoms with Gasteiger partial charge in [-0.3, -0.25) is 4.90 Å². The van der Waals surface area contributed by atoms with Crippen LogP contribution in [-0.2, 0) is 6.54 Å². The number of hydrogen-bond donors (Lipinski definition) is 1. The number of hydrogen-bond acceptors (Lipinski definition) is 3. The van der Waals surface area contributed by atoms with E-state index in [1.54, 1.807) is 0 Å². The Balaban J connectivity index is 0.00000144. The van der Waals surface area contributed by atoms with Crippen molar-refractivity contribution in [3.63, 3.8) is 0 Å². The smallest absolute Gasteiger partial charge is 0.0991 e. The average Bonchev–Trinajstić information content (AvgIpc) is 2.59. The standard InChI is InChI=1S/C13H17N3.ClH/c14-10-12-2-4-13(5-3-12)11-16-8-1-6-15-7-9-16;/h2-5,15H,1,6-9,11H2;1H. The zero-order valence-electron chi connectivity index (χ0n) is 9.85. The summed E-state index contributed by atoms with van der Waals surface area (Å²) < 4.78 is 0. The minimum absolute atomic E-state index is 0. The number of nitriles is 1. The minimum atomic E-state index is 0. The van der Waals surface area contributed by atoms with Crippen molar-refractivity contribution in [3.8, 4) is 6.07 Å². The van der Waals surface area contributed by atoms with Crippen LogP contribution >= 0.6 is 12.4 Å². The molecule has 0 radical (unpaired) electrons. The van der Waals surface area contributed by atoms with Gasteiger partial charge in [0.15, 0.2) is 0 Å². The molecule has 0 bridgehead atoms. The van der Waals surface area contributed by atoms with Crippen LogP contribution in [-0.4, -0.2) is 31.1 Å². The minimum Gasteiger partial charge on any atom is -0.315 e. The molecule has 92 valence electrons. The zero-order chi connectivity index (χ0) is 11.2. The maximum atomic E-state index is 8.72. The summed E-state index contributed by atoms with van der Waals surface area (Å²) in [6, 6.07) is 10.0. The van der Waals surface area contributed by atoms with Crippen LogP contribution in [0.15, 0.2) is 24.3 Å². The first-order chi connectivity index (χ1) is 7.88. The molecule has 0 saturated carbocycles. The van der Waals surface area contributed by atoms with Crippen molar-refractivity contribution < 1.29 is 0 Å². The van der Waals surface area contributed by atoms with Crippen molar-refractivity contribution in [2.24, 2.45) is 0 Å². The fourth-order valence-electron chi connectivity index (χ4n) is 2.00. The lowest BCUT2D eigenvalue weighted by Gasteiger charge is -2.19. The fourth-order valence-corrected chi connectivity index (χ4v) is 2.00. The lowest BCUT2D eigenvalue weighted by molar-refractivity contribution is 0.284. The van der Waals surface area contributed by atoms with Gasteiger partial charge in [-0.2, -0.15) is 5.26 Å². The zero-order valence-corrected chi connectivity index (χ0v) is 10.7. The molecule has 1 aliphatic rings. The van der Waals surface area contributed by atoms with E-state index in [4.69, 9.17) is 5.26 Å². The van der Waals surface area contributed by atoms with Gasteiger partial charge in [-0.05, 0) is 37.2 Å². The molecule has 1 aromatic rings. The molecule has 0 aromatic heterocycles. The van der Waals surface area contributed by atoms with Crippen molar-refractivity contribution in [1.82, 2.24) is 10.2 Å². The van der Waals surface area contributed by atoms with E-state index in [1.807, 2.05) is 12.1 Å². The SMILES string of the molecule is Cl.N#Cc1ccc(CN2CCCNCC2)cc1. The normalized spacial score (nSPS) is 16.6. The third-order valence-corrected chi connectivity index (χ3v) is 2.92. The Bertz CT molecular complexity index is 361. The number of halogens is 1. The highest BCUT2D eigenvalue weighted by atomic mass is 35.5. The Morgan fingerprint density at radius 2 is 1.94 bits per heavy atom. The molecule has 4 heteroatoms. The Labute approximate surface area is 109 Å². The van der Waals surface area contributed by atoms with E-state index >= 15 is 0 Å². The largest absolute Gasteiger partial charge is 0.315 e. The topological polar surface area (TPSA) is 39.1 Å². The molecular formula is C13H18ClN3. The first kappa shape index (κ1) is 14.0. The fraction of sp³-hybridized carbons (Fsp3) is 0.462.